The number of nitrogens with zero attached hydrogens (tertiary/aromatic N) is 7. The molecule has 7 nitrogen and oxygen atoms in total. The zero-order valence-electron chi connectivity index (χ0n) is 32.3. The van der Waals surface area contributed by atoms with Crippen LogP contribution in [0, 0.1) is 0 Å². The third-order valence-electron chi connectivity index (χ3n) is 10.8. The van der Waals surface area contributed by atoms with Gasteiger partial charge in [-0.05, 0) is 90.0 Å². The minimum absolute atomic E-state index is 0.585. The van der Waals surface area contributed by atoms with E-state index in [1.165, 1.54) is 0 Å². The Bertz CT molecular complexity index is 3100. The van der Waals surface area contributed by atoms with Crippen molar-refractivity contribution in [2.45, 2.75) is 0 Å². The molecule has 0 atom stereocenters. The fourth-order valence-corrected chi connectivity index (χ4v) is 7.89. The number of fused-ring (bicyclic) bond motifs is 2. The van der Waals surface area contributed by atoms with E-state index >= 15 is 0 Å². The zero-order chi connectivity index (χ0) is 39.8. The third-order valence-corrected chi connectivity index (χ3v) is 10.8. The average Bonchev–Trinajstić information content (AvgIpc) is 3.92. The van der Waals surface area contributed by atoms with Crippen LogP contribution in [-0.2, 0) is 0 Å². The summed E-state index contributed by atoms with van der Waals surface area (Å²) >= 11 is 0. The largest absolute Gasteiger partial charge is 0.292 e. The molecular weight excluding hydrogens is 735 g/mol. The molecule has 0 saturated heterocycles. The Morgan fingerprint density at radius 2 is 0.617 bits per heavy atom. The number of hydrogen-bond acceptors (Lipinski definition) is 5. The highest BCUT2D eigenvalue weighted by Crippen LogP contribution is 2.33. The Morgan fingerprint density at radius 1 is 0.250 bits per heavy atom. The molecule has 0 unspecified atom stereocenters. The number of para-hydroxylation sites is 4. The number of rotatable bonds is 8. The van der Waals surface area contributed by atoms with Crippen LogP contribution in [0.3, 0.4) is 0 Å². The van der Waals surface area contributed by atoms with Crippen LogP contribution in [-0.4, -0.2) is 34.1 Å². The molecule has 3 aromatic heterocycles. The monoisotopic (exact) mass is 769 g/mol. The summed E-state index contributed by atoms with van der Waals surface area (Å²) in [4.78, 5) is 25.5. The van der Waals surface area contributed by atoms with Crippen LogP contribution in [0.1, 0.15) is 0 Å². The Morgan fingerprint density at radius 3 is 1.08 bits per heavy atom. The molecule has 7 heteroatoms. The molecule has 11 rings (SSSR count). The van der Waals surface area contributed by atoms with Gasteiger partial charge in [-0.3, -0.25) is 9.13 Å². The van der Waals surface area contributed by atoms with Crippen molar-refractivity contribution in [3.8, 4) is 79.4 Å². The van der Waals surface area contributed by atoms with Crippen LogP contribution in [0.25, 0.3) is 102 Å². The predicted octanol–water partition coefficient (Wildman–Crippen LogP) is 12.6. The lowest BCUT2D eigenvalue weighted by molar-refractivity contribution is 1.07. The molecule has 0 saturated carbocycles. The van der Waals surface area contributed by atoms with E-state index in [-0.39, 0.29) is 0 Å². The Kier molecular flexibility index (Phi) is 8.67. The van der Waals surface area contributed by atoms with Gasteiger partial charge in [0.1, 0.15) is 11.6 Å². The highest BCUT2D eigenvalue weighted by molar-refractivity contribution is 5.85. The molecule has 282 valence electrons. The van der Waals surface area contributed by atoms with Crippen molar-refractivity contribution < 1.29 is 0 Å². The van der Waals surface area contributed by atoms with Crippen molar-refractivity contribution in [3.63, 3.8) is 0 Å². The molecule has 0 spiro atoms. The quantitative estimate of drug-likeness (QED) is 0.154. The molecular formula is C53H35N7. The standard InChI is InChI=1S/C53H35N7/c1-4-15-36(16-5-1)41-21-14-22-42(35-41)51-57-49(37-27-31-43(32-28-37)59-47-25-12-10-23-45(47)54-52(59)39-17-6-2-7-18-39)56-50(58-51)38-29-33-44(34-30-38)60-48-26-13-11-24-46(48)55-53(60)40-19-8-3-9-20-40/h1-35H. The molecule has 0 bridgehead atoms. The van der Waals surface area contributed by atoms with Crippen molar-refractivity contribution in [2.24, 2.45) is 0 Å². The summed E-state index contributed by atoms with van der Waals surface area (Å²) in [7, 11) is 0. The summed E-state index contributed by atoms with van der Waals surface area (Å²) in [5.74, 6) is 3.54. The molecule has 0 aliphatic rings. The first-order valence-corrected chi connectivity index (χ1v) is 19.9. The summed E-state index contributed by atoms with van der Waals surface area (Å²) in [6.07, 6.45) is 0. The molecule has 0 aliphatic heterocycles. The average molecular weight is 770 g/mol. The van der Waals surface area contributed by atoms with Gasteiger partial charge in [0.05, 0.1) is 22.1 Å². The maximum Gasteiger partial charge on any atom is 0.164 e. The lowest BCUT2D eigenvalue weighted by Crippen LogP contribution is -2.02. The first-order chi connectivity index (χ1) is 29.7. The van der Waals surface area contributed by atoms with E-state index in [1.807, 2.05) is 54.6 Å². The SMILES string of the molecule is c1ccc(-c2cccc(-c3nc(-c4ccc(-n5c(-c6ccccc6)nc6ccccc65)cc4)nc(-c4ccc(-n5c(-c6ccccc6)nc6ccccc65)cc4)n3)c2)cc1. The molecule has 0 amide bonds. The normalized spacial score (nSPS) is 11.3. The van der Waals surface area contributed by atoms with Crippen molar-refractivity contribution in [1.82, 2.24) is 34.1 Å². The minimum atomic E-state index is 0.585. The Hall–Kier alpha value is -8.29. The van der Waals surface area contributed by atoms with Gasteiger partial charge in [0.25, 0.3) is 0 Å². The molecule has 0 fully saturated rings. The first-order valence-electron chi connectivity index (χ1n) is 19.9. The van der Waals surface area contributed by atoms with Gasteiger partial charge in [-0.1, -0.05) is 133 Å². The zero-order valence-corrected chi connectivity index (χ0v) is 32.3. The molecule has 0 aliphatic carbocycles. The second-order valence-corrected chi connectivity index (χ2v) is 14.6. The summed E-state index contributed by atoms with van der Waals surface area (Å²) in [6.45, 7) is 0. The summed E-state index contributed by atoms with van der Waals surface area (Å²) in [6, 6.07) is 72.7. The lowest BCUT2D eigenvalue weighted by atomic mass is 10.0. The van der Waals surface area contributed by atoms with Gasteiger partial charge in [-0.25, -0.2) is 24.9 Å². The highest BCUT2D eigenvalue weighted by Gasteiger charge is 2.18. The predicted molar refractivity (Wildman–Crippen MR) is 242 cm³/mol. The fourth-order valence-electron chi connectivity index (χ4n) is 7.89. The van der Waals surface area contributed by atoms with Crippen LogP contribution in [0.2, 0.25) is 0 Å². The summed E-state index contributed by atoms with van der Waals surface area (Å²) in [5, 5.41) is 0. The molecule has 60 heavy (non-hydrogen) atoms. The van der Waals surface area contributed by atoms with Crippen LogP contribution in [0.4, 0.5) is 0 Å². The minimum Gasteiger partial charge on any atom is -0.292 e. The van der Waals surface area contributed by atoms with Crippen molar-refractivity contribution >= 4 is 22.1 Å². The highest BCUT2D eigenvalue weighted by atomic mass is 15.1. The van der Waals surface area contributed by atoms with Gasteiger partial charge >= 0.3 is 0 Å². The maximum atomic E-state index is 5.13. The van der Waals surface area contributed by atoms with Crippen LogP contribution >= 0.6 is 0 Å². The maximum absolute atomic E-state index is 5.13. The lowest BCUT2D eigenvalue weighted by Gasteiger charge is -2.13. The van der Waals surface area contributed by atoms with E-state index in [1.54, 1.807) is 0 Å². The van der Waals surface area contributed by atoms with Crippen LogP contribution < -0.4 is 0 Å². The van der Waals surface area contributed by atoms with Crippen LogP contribution in [0.15, 0.2) is 212 Å². The second-order valence-electron chi connectivity index (χ2n) is 14.6. The topological polar surface area (TPSA) is 74.3 Å². The van der Waals surface area contributed by atoms with Gasteiger partial charge in [0.15, 0.2) is 17.5 Å². The molecule has 8 aromatic carbocycles. The van der Waals surface area contributed by atoms with Gasteiger partial charge < -0.3 is 0 Å². The van der Waals surface area contributed by atoms with E-state index in [2.05, 4.69) is 167 Å². The van der Waals surface area contributed by atoms with Gasteiger partial charge in [0.2, 0.25) is 0 Å². The number of aromatic nitrogens is 7. The molecule has 0 radical (unpaired) electrons. The van der Waals surface area contributed by atoms with E-state index in [0.29, 0.717) is 17.5 Å². The second kappa shape index (κ2) is 14.9. The number of hydrogen-bond donors (Lipinski definition) is 0. The molecule has 3 heterocycles. The smallest absolute Gasteiger partial charge is 0.164 e. The van der Waals surface area contributed by atoms with Crippen molar-refractivity contribution in [3.05, 3.63) is 212 Å². The van der Waals surface area contributed by atoms with E-state index < -0.39 is 0 Å². The van der Waals surface area contributed by atoms with E-state index in [0.717, 1.165) is 84.0 Å². The van der Waals surface area contributed by atoms with Crippen molar-refractivity contribution in [2.75, 3.05) is 0 Å². The Labute approximate surface area is 346 Å². The van der Waals surface area contributed by atoms with Gasteiger partial charge in [-0.15, -0.1) is 0 Å². The summed E-state index contributed by atoms with van der Waals surface area (Å²) < 4.78 is 4.42. The third kappa shape index (κ3) is 6.40. The summed E-state index contributed by atoms with van der Waals surface area (Å²) in [5.41, 5.74) is 12.9. The first kappa shape index (κ1) is 34.9. The van der Waals surface area contributed by atoms with E-state index in [4.69, 9.17) is 24.9 Å². The van der Waals surface area contributed by atoms with Gasteiger partial charge in [-0.2, -0.15) is 0 Å². The fraction of sp³-hybridized carbons (Fsp3) is 0. The molecule has 0 N–H and O–H groups in total. The molecule has 11 aromatic rings. The van der Waals surface area contributed by atoms with Crippen molar-refractivity contribution in [1.29, 1.82) is 0 Å². The number of benzene rings is 8. The van der Waals surface area contributed by atoms with Crippen LogP contribution in [0.5, 0.6) is 0 Å². The number of imidazole rings is 2. The Balaban J connectivity index is 1.02. The van der Waals surface area contributed by atoms with E-state index in [9.17, 15) is 0 Å². The van der Waals surface area contributed by atoms with Gasteiger partial charge in [0, 0.05) is 39.2 Å².